The normalized spacial score (nSPS) is 11.1. The number of imidazole rings is 1. The van der Waals surface area contributed by atoms with Gasteiger partial charge in [-0.1, -0.05) is 77.7 Å². The summed E-state index contributed by atoms with van der Waals surface area (Å²) in [4.78, 5) is 0. The largest absolute Gasteiger partial charge is 0.673 e. The zero-order valence-electron chi connectivity index (χ0n) is 16.2. The first-order valence-electron chi connectivity index (χ1n) is 9.93. The molecule has 0 fully saturated rings. The second kappa shape index (κ2) is 15.9. The highest BCUT2D eigenvalue weighted by Gasteiger charge is 2.20. The highest BCUT2D eigenvalue weighted by molar-refractivity contribution is 6.50. The van der Waals surface area contributed by atoms with Crippen LogP contribution >= 0.6 is 0 Å². The lowest BCUT2D eigenvalue weighted by Crippen LogP contribution is -2.30. The minimum atomic E-state index is -6.00. The Morgan fingerprint density at radius 2 is 1.27 bits per heavy atom. The van der Waals surface area contributed by atoms with Gasteiger partial charge in [-0.3, -0.25) is 0 Å². The van der Waals surface area contributed by atoms with Gasteiger partial charge in [0.25, 0.3) is 0 Å². The average Bonchev–Trinajstić information content (AvgIpc) is 3.02. The van der Waals surface area contributed by atoms with Crippen LogP contribution in [0.3, 0.4) is 0 Å². The first kappa shape index (κ1) is 24.7. The fourth-order valence-corrected chi connectivity index (χ4v) is 2.79. The number of nitrogens with zero attached hydrogens (tertiary/aromatic N) is 2. The van der Waals surface area contributed by atoms with Crippen molar-refractivity contribution in [3.63, 3.8) is 0 Å². The molecule has 0 bridgehead atoms. The van der Waals surface area contributed by atoms with Crippen molar-refractivity contribution < 1.29 is 21.8 Å². The molecule has 0 aliphatic heterocycles. The van der Waals surface area contributed by atoms with Gasteiger partial charge in [-0.25, -0.2) is 9.13 Å². The maximum atomic E-state index is 9.75. The van der Waals surface area contributed by atoms with Crippen LogP contribution in [0.4, 0.5) is 17.3 Å². The lowest BCUT2D eigenvalue weighted by atomic mass is 10.1. The van der Waals surface area contributed by atoms with Crippen molar-refractivity contribution in [1.82, 2.24) is 4.57 Å². The van der Waals surface area contributed by atoms with Crippen molar-refractivity contribution in [2.24, 2.45) is 0 Å². The summed E-state index contributed by atoms with van der Waals surface area (Å²) in [5.74, 6) is 0. The van der Waals surface area contributed by atoms with Crippen LogP contribution in [0.25, 0.3) is 6.20 Å². The van der Waals surface area contributed by atoms with Crippen LogP contribution in [0.15, 0.2) is 25.3 Å². The number of hydrogen-bond donors (Lipinski definition) is 0. The summed E-state index contributed by atoms with van der Waals surface area (Å²) in [6.07, 6.45) is 25.1. The van der Waals surface area contributed by atoms with E-state index in [9.17, 15) is 17.3 Å². The van der Waals surface area contributed by atoms with E-state index in [1.165, 1.54) is 77.0 Å². The molecule has 0 saturated carbocycles. The van der Waals surface area contributed by atoms with E-state index in [0.717, 1.165) is 6.54 Å². The van der Waals surface area contributed by atoms with Crippen LogP contribution in [0.2, 0.25) is 0 Å². The average molecular weight is 378 g/mol. The standard InChI is InChI=1S/C19H35N2.BF4/c1-3-5-6-7-8-9-10-11-12-13-14-15-16-21-18-17-20(4-2)19-21;2-1(3,4)5/h4,17-19H,2-3,5-16H2,1H3;/q+1;-1. The second-order valence-corrected chi connectivity index (χ2v) is 6.67. The highest BCUT2D eigenvalue weighted by atomic mass is 19.5. The molecule has 26 heavy (non-hydrogen) atoms. The molecule has 0 atom stereocenters. The third-order valence-corrected chi connectivity index (χ3v) is 4.19. The number of aryl methyl sites for hydroxylation is 1. The number of aromatic nitrogens is 2. The first-order chi connectivity index (χ1) is 12.4. The maximum Gasteiger partial charge on any atom is 0.673 e. The Hall–Kier alpha value is -1.27. The van der Waals surface area contributed by atoms with Crippen LogP contribution in [-0.4, -0.2) is 11.8 Å². The van der Waals surface area contributed by atoms with Crippen molar-refractivity contribution in [3.8, 4) is 0 Å². The summed E-state index contributed by atoms with van der Waals surface area (Å²) in [5.41, 5.74) is 0. The molecule has 0 N–H and O–H groups in total. The Balaban J connectivity index is 0.00000110. The zero-order chi connectivity index (χ0) is 19.7. The van der Waals surface area contributed by atoms with Crippen LogP contribution < -0.4 is 4.57 Å². The van der Waals surface area contributed by atoms with Gasteiger partial charge < -0.3 is 17.3 Å². The topological polar surface area (TPSA) is 8.81 Å². The summed E-state index contributed by atoms with van der Waals surface area (Å²) in [5, 5.41) is 0. The number of rotatable bonds is 14. The van der Waals surface area contributed by atoms with Gasteiger partial charge >= 0.3 is 7.25 Å². The van der Waals surface area contributed by atoms with Gasteiger partial charge in [0, 0.05) is 0 Å². The summed E-state index contributed by atoms with van der Waals surface area (Å²) in [7, 11) is -6.00. The molecule has 1 aromatic rings. The monoisotopic (exact) mass is 378 g/mol. The van der Waals surface area contributed by atoms with Gasteiger partial charge in [0.15, 0.2) is 0 Å². The molecule has 0 aliphatic rings. The van der Waals surface area contributed by atoms with E-state index in [1.54, 1.807) is 0 Å². The van der Waals surface area contributed by atoms with Crippen molar-refractivity contribution in [3.05, 3.63) is 25.3 Å². The van der Waals surface area contributed by atoms with E-state index in [1.807, 2.05) is 17.0 Å². The first-order valence-corrected chi connectivity index (χ1v) is 9.93. The lowest BCUT2D eigenvalue weighted by Gasteiger charge is -2.02. The molecule has 0 aliphatic carbocycles. The van der Waals surface area contributed by atoms with Gasteiger partial charge in [0.05, 0.1) is 12.7 Å². The van der Waals surface area contributed by atoms with Gasteiger partial charge in [0.2, 0.25) is 6.33 Å². The summed E-state index contributed by atoms with van der Waals surface area (Å²) < 4.78 is 43.2. The Morgan fingerprint density at radius 1 is 0.846 bits per heavy atom. The fraction of sp³-hybridized carbons (Fsp3) is 0.737. The van der Waals surface area contributed by atoms with E-state index in [2.05, 4.69) is 30.6 Å². The van der Waals surface area contributed by atoms with Gasteiger partial charge in [-0.15, -0.1) is 0 Å². The van der Waals surface area contributed by atoms with E-state index in [-0.39, 0.29) is 0 Å². The smallest absolute Gasteiger partial charge is 0.418 e. The SMILES string of the molecule is C=Cn1cc[n+](CCCCCCCCCCCCCC)c1.F[B-](F)(F)F. The van der Waals surface area contributed by atoms with Crippen molar-refractivity contribution in [1.29, 1.82) is 0 Å². The quantitative estimate of drug-likeness (QED) is 0.144. The number of hydrogen-bond acceptors (Lipinski definition) is 0. The number of halogens is 4. The Kier molecular flexibility index (Phi) is 15.2. The van der Waals surface area contributed by atoms with Crippen molar-refractivity contribution >= 4 is 13.5 Å². The molecule has 1 aromatic heterocycles. The van der Waals surface area contributed by atoms with Crippen LogP contribution in [0.1, 0.15) is 84.0 Å². The molecule has 0 saturated heterocycles. The molecule has 2 nitrogen and oxygen atoms in total. The molecule has 0 unspecified atom stereocenters. The Labute approximate surface area is 156 Å². The summed E-state index contributed by atoms with van der Waals surface area (Å²) in [6, 6.07) is 0. The molecule has 0 radical (unpaired) electrons. The van der Waals surface area contributed by atoms with E-state index in [4.69, 9.17) is 0 Å². The van der Waals surface area contributed by atoms with Crippen molar-refractivity contribution in [2.45, 2.75) is 90.5 Å². The van der Waals surface area contributed by atoms with Crippen molar-refractivity contribution in [2.75, 3.05) is 0 Å². The molecule has 152 valence electrons. The molecule has 1 rings (SSSR count). The van der Waals surface area contributed by atoms with Crippen LogP contribution in [0, 0.1) is 0 Å². The van der Waals surface area contributed by atoms with Gasteiger partial charge in [-0.2, -0.15) is 0 Å². The van der Waals surface area contributed by atoms with E-state index < -0.39 is 7.25 Å². The van der Waals surface area contributed by atoms with E-state index >= 15 is 0 Å². The van der Waals surface area contributed by atoms with E-state index in [0.29, 0.717) is 0 Å². The molecule has 7 heteroatoms. The predicted molar refractivity (Wildman–Crippen MR) is 102 cm³/mol. The Morgan fingerprint density at radius 3 is 1.65 bits per heavy atom. The third kappa shape index (κ3) is 19.1. The van der Waals surface area contributed by atoms with Gasteiger partial charge in [-0.05, 0) is 12.8 Å². The third-order valence-electron chi connectivity index (χ3n) is 4.19. The fourth-order valence-electron chi connectivity index (χ4n) is 2.79. The molecular weight excluding hydrogens is 343 g/mol. The number of unbranched alkanes of at least 4 members (excludes halogenated alkanes) is 11. The zero-order valence-corrected chi connectivity index (χ0v) is 16.2. The predicted octanol–water partition coefficient (Wildman–Crippen LogP) is 6.88. The van der Waals surface area contributed by atoms with Crippen LogP contribution in [0.5, 0.6) is 0 Å². The summed E-state index contributed by atoms with van der Waals surface area (Å²) >= 11 is 0. The maximum absolute atomic E-state index is 9.75. The highest BCUT2D eigenvalue weighted by Crippen LogP contribution is 2.11. The molecule has 1 heterocycles. The Bertz CT molecular complexity index is 441. The lowest BCUT2D eigenvalue weighted by molar-refractivity contribution is -0.696. The van der Waals surface area contributed by atoms with Crippen LogP contribution in [-0.2, 0) is 6.54 Å². The van der Waals surface area contributed by atoms with Gasteiger partial charge in [0.1, 0.15) is 12.4 Å². The molecule has 0 spiro atoms. The molecule has 0 amide bonds. The molecular formula is C19H35BF4N2. The minimum absolute atomic E-state index is 1.14. The second-order valence-electron chi connectivity index (χ2n) is 6.67. The molecule has 0 aromatic carbocycles. The minimum Gasteiger partial charge on any atom is -0.418 e. The summed E-state index contributed by atoms with van der Waals surface area (Å²) in [6.45, 7) is 7.18.